The summed E-state index contributed by atoms with van der Waals surface area (Å²) in [5.41, 5.74) is 5.44. The summed E-state index contributed by atoms with van der Waals surface area (Å²) in [7, 11) is 0. The molecule has 44 heavy (non-hydrogen) atoms. The van der Waals surface area contributed by atoms with Gasteiger partial charge in [-0.15, -0.1) is 0 Å². The molecule has 0 radical (unpaired) electrons. The zero-order valence-corrected chi connectivity index (χ0v) is 26.1. The standard InChI is InChI=1S/C34H40O10/c1-9-31(37)39-17-29(43-25(7)35)19-41-33-21(3)13-27(14-22(33)4)11-12-28-15-23(5)34(24(6)16-28)42-20-30(44-26(8)36)18-40-32(38)10-2/h9-16,29-30H,1-2,17-20H2,3-8H3/b12-11+. The van der Waals surface area contributed by atoms with Crippen molar-refractivity contribution in [2.45, 2.75) is 53.8 Å². The van der Waals surface area contributed by atoms with Gasteiger partial charge in [-0.1, -0.05) is 25.3 Å². The van der Waals surface area contributed by atoms with Crippen LogP contribution in [0.2, 0.25) is 0 Å². The van der Waals surface area contributed by atoms with Crippen LogP contribution in [0.15, 0.2) is 49.6 Å². The highest BCUT2D eigenvalue weighted by molar-refractivity contribution is 5.81. The van der Waals surface area contributed by atoms with Gasteiger partial charge in [-0.2, -0.15) is 0 Å². The molecule has 2 unspecified atom stereocenters. The van der Waals surface area contributed by atoms with Crippen molar-refractivity contribution >= 4 is 36.0 Å². The first-order valence-corrected chi connectivity index (χ1v) is 13.9. The number of rotatable bonds is 16. The second-order valence-corrected chi connectivity index (χ2v) is 10.1. The predicted octanol–water partition coefficient (Wildman–Crippen LogP) is 5.17. The Kier molecular flexibility index (Phi) is 13.9. The fourth-order valence-electron chi connectivity index (χ4n) is 4.33. The lowest BCUT2D eigenvalue weighted by molar-refractivity contribution is -0.156. The molecule has 2 atom stereocenters. The van der Waals surface area contributed by atoms with Crippen LogP contribution in [0.5, 0.6) is 11.5 Å². The summed E-state index contributed by atoms with van der Waals surface area (Å²) in [6.07, 6.45) is 4.51. The lowest BCUT2D eigenvalue weighted by Gasteiger charge is -2.20. The predicted molar refractivity (Wildman–Crippen MR) is 165 cm³/mol. The van der Waals surface area contributed by atoms with Crippen molar-refractivity contribution in [1.82, 2.24) is 0 Å². The first-order chi connectivity index (χ1) is 20.8. The van der Waals surface area contributed by atoms with E-state index < -0.39 is 36.1 Å². The molecule has 2 rings (SSSR count). The van der Waals surface area contributed by atoms with Crippen LogP contribution in [0, 0.1) is 27.7 Å². The Hall–Kier alpha value is -4.86. The fraction of sp³-hybridized carbons (Fsp3) is 0.353. The Balaban J connectivity index is 2.11. The molecule has 2 aromatic rings. The van der Waals surface area contributed by atoms with Crippen molar-refractivity contribution in [2.75, 3.05) is 26.4 Å². The van der Waals surface area contributed by atoms with E-state index in [2.05, 4.69) is 13.2 Å². The minimum atomic E-state index is -0.768. The van der Waals surface area contributed by atoms with Crippen LogP contribution in [0.25, 0.3) is 12.2 Å². The highest BCUT2D eigenvalue weighted by Crippen LogP contribution is 2.28. The Labute approximate surface area is 258 Å². The van der Waals surface area contributed by atoms with Crippen LogP contribution in [-0.4, -0.2) is 62.5 Å². The molecule has 236 valence electrons. The number of esters is 4. The molecule has 0 aliphatic rings. The number of hydrogen-bond acceptors (Lipinski definition) is 10. The van der Waals surface area contributed by atoms with Crippen molar-refractivity contribution < 1.29 is 47.6 Å². The SMILES string of the molecule is C=CC(=O)OCC(COc1c(C)cc(/C=C/c2cc(C)c(OCC(COC(=O)C=C)OC(C)=O)c(C)c2)cc1C)OC(C)=O. The van der Waals surface area contributed by atoms with Gasteiger partial charge in [-0.3, -0.25) is 9.59 Å². The molecule has 0 saturated heterocycles. The molecule has 0 fully saturated rings. The molecule has 0 N–H and O–H groups in total. The summed E-state index contributed by atoms with van der Waals surface area (Å²) in [6.45, 7) is 16.6. The van der Waals surface area contributed by atoms with E-state index in [1.807, 2.05) is 64.1 Å². The minimum Gasteiger partial charge on any atom is -0.489 e. The zero-order chi connectivity index (χ0) is 32.8. The van der Waals surface area contributed by atoms with E-state index in [-0.39, 0.29) is 26.4 Å². The van der Waals surface area contributed by atoms with E-state index in [1.54, 1.807) is 0 Å². The van der Waals surface area contributed by atoms with Crippen LogP contribution in [0.4, 0.5) is 0 Å². The molecule has 0 bridgehead atoms. The first-order valence-electron chi connectivity index (χ1n) is 13.9. The van der Waals surface area contributed by atoms with Gasteiger partial charge >= 0.3 is 23.9 Å². The molecular formula is C34H40O10. The second-order valence-electron chi connectivity index (χ2n) is 10.1. The van der Waals surface area contributed by atoms with Gasteiger partial charge in [-0.25, -0.2) is 9.59 Å². The summed E-state index contributed by atoms with van der Waals surface area (Å²) >= 11 is 0. The van der Waals surface area contributed by atoms with Gasteiger partial charge in [0, 0.05) is 26.0 Å². The molecule has 0 aliphatic carbocycles. The molecule has 10 heteroatoms. The largest absolute Gasteiger partial charge is 0.489 e. The first kappa shape index (κ1) is 35.3. The third-order valence-electron chi connectivity index (χ3n) is 6.08. The molecule has 0 heterocycles. The number of hydrogen-bond donors (Lipinski definition) is 0. The Morgan fingerprint density at radius 3 is 1.20 bits per heavy atom. The maximum Gasteiger partial charge on any atom is 0.330 e. The van der Waals surface area contributed by atoms with E-state index in [4.69, 9.17) is 28.4 Å². The third kappa shape index (κ3) is 11.8. The van der Waals surface area contributed by atoms with Crippen LogP contribution >= 0.6 is 0 Å². The normalized spacial score (nSPS) is 12.0. The van der Waals surface area contributed by atoms with Crippen molar-refractivity contribution in [1.29, 1.82) is 0 Å². The second kappa shape index (κ2) is 17.3. The number of benzene rings is 2. The topological polar surface area (TPSA) is 124 Å². The van der Waals surface area contributed by atoms with Crippen LogP contribution in [0.3, 0.4) is 0 Å². The number of ether oxygens (including phenoxy) is 6. The summed E-state index contributed by atoms with van der Waals surface area (Å²) in [4.78, 5) is 45.8. The monoisotopic (exact) mass is 608 g/mol. The summed E-state index contributed by atoms with van der Waals surface area (Å²) in [5, 5.41) is 0. The van der Waals surface area contributed by atoms with E-state index in [0.717, 1.165) is 45.5 Å². The molecule has 2 aromatic carbocycles. The quantitative estimate of drug-likeness (QED) is 0.109. The molecule has 0 spiro atoms. The molecule has 0 amide bonds. The summed E-state index contributed by atoms with van der Waals surface area (Å²) in [6, 6.07) is 7.90. The maximum atomic E-state index is 11.5. The average molecular weight is 609 g/mol. The van der Waals surface area contributed by atoms with E-state index >= 15 is 0 Å². The van der Waals surface area contributed by atoms with E-state index in [9.17, 15) is 19.2 Å². The fourth-order valence-corrected chi connectivity index (χ4v) is 4.33. The summed E-state index contributed by atoms with van der Waals surface area (Å²) < 4.78 is 32.4. The van der Waals surface area contributed by atoms with E-state index in [1.165, 1.54) is 13.8 Å². The van der Waals surface area contributed by atoms with Crippen molar-refractivity contribution in [2.24, 2.45) is 0 Å². The lowest BCUT2D eigenvalue weighted by atomic mass is 10.0. The number of carbonyl (C=O) groups excluding carboxylic acids is 4. The van der Waals surface area contributed by atoms with Crippen molar-refractivity contribution in [3.63, 3.8) is 0 Å². The van der Waals surface area contributed by atoms with Gasteiger partial charge in [0.2, 0.25) is 0 Å². The highest BCUT2D eigenvalue weighted by Gasteiger charge is 2.18. The van der Waals surface area contributed by atoms with Crippen molar-refractivity contribution in [3.8, 4) is 11.5 Å². The molecule has 0 aliphatic heterocycles. The maximum absolute atomic E-state index is 11.5. The van der Waals surface area contributed by atoms with Gasteiger partial charge in [0.15, 0.2) is 12.2 Å². The van der Waals surface area contributed by atoms with E-state index in [0.29, 0.717) is 11.5 Å². The molecule has 0 saturated carbocycles. The van der Waals surface area contributed by atoms with Gasteiger partial charge in [-0.05, 0) is 85.3 Å². The Bertz CT molecular complexity index is 1250. The lowest BCUT2D eigenvalue weighted by Crippen LogP contribution is -2.30. The third-order valence-corrected chi connectivity index (χ3v) is 6.08. The van der Waals surface area contributed by atoms with Crippen molar-refractivity contribution in [3.05, 3.63) is 83.0 Å². The van der Waals surface area contributed by atoms with Crippen LogP contribution in [0.1, 0.15) is 47.2 Å². The van der Waals surface area contributed by atoms with Crippen LogP contribution < -0.4 is 9.47 Å². The smallest absolute Gasteiger partial charge is 0.330 e. The van der Waals surface area contributed by atoms with Gasteiger partial charge in [0.25, 0.3) is 0 Å². The number of carbonyl (C=O) groups is 4. The average Bonchev–Trinajstić information content (AvgIpc) is 2.95. The van der Waals surface area contributed by atoms with Gasteiger partial charge < -0.3 is 28.4 Å². The molecular weight excluding hydrogens is 568 g/mol. The zero-order valence-electron chi connectivity index (χ0n) is 26.1. The van der Waals surface area contributed by atoms with Gasteiger partial charge in [0.1, 0.15) is 37.9 Å². The molecule has 0 aromatic heterocycles. The Morgan fingerprint density at radius 2 is 0.932 bits per heavy atom. The Morgan fingerprint density at radius 1 is 0.614 bits per heavy atom. The summed E-state index contributed by atoms with van der Waals surface area (Å²) in [5.74, 6) is -0.956. The molecule has 10 nitrogen and oxygen atoms in total. The highest BCUT2D eigenvalue weighted by atomic mass is 16.6. The van der Waals surface area contributed by atoms with Crippen LogP contribution in [-0.2, 0) is 38.1 Å². The number of aryl methyl sites for hydroxylation is 4. The van der Waals surface area contributed by atoms with Gasteiger partial charge in [0.05, 0.1) is 0 Å². The minimum absolute atomic E-state index is 0.00936.